The van der Waals surface area contributed by atoms with Crippen LogP contribution in [0.4, 0.5) is 0 Å². The van der Waals surface area contributed by atoms with Crippen molar-refractivity contribution in [3.63, 3.8) is 0 Å². The summed E-state index contributed by atoms with van der Waals surface area (Å²) in [4.78, 5) is 10.8. The van der Waals surface area contributed by atoms with Gasteiger partial charge in [0.1, 0.15) is 5.82 Å². The Bertz CT molecular complexity index is 334. The van der Waals surface area contributed by atoms with E-state index in [0.717, 1.165) is 25.5 Å². The van der Waals surface area contributed by atoms with Crippen LogP contribution >= 0.6 is 24.8 Å². The van der Waals surface area contributed by atoms with Gasteiger partial charge in [0.05, 0.1) is 6.54 Å². The van der Waals surface area contributed by atoms with Gasteiger partial charge in [-0.25, -0.2) is 9.97 Å². The molecule has 104 valence electrons. The van der Waals surface area contributed by atoms with E-state index in [4.69, 9.17) is 5.73 Å². The predicted molar refractivity (Wildman–Crippen MR) is 78.1 cm³/mol. The molecular formula is C12H22Cl2N4. The molecule has 2 N–H and O–H groups in total. The number of nitrogens with two attached hydrogens (primary N) is 1. The normalized spacial score (nSPS) is 23.6. The minimum absolute atomic E-state index is 0. The Morgan fingerprint density at radius 2 is 1.89 bits per heavy atom. The Hall–Kier alpha value is -0.420. The average Bonchev–Trinajstić information content (AvgIpc) is 2.61. The zero-order valence-electron chi connectivity index (χ0n) is 10.8. The van der Waals surface area contributed by atoms with E-state index < -0.39 is 0 Å². The molecule has 0 aliphatic carbocycles. The van der Waals surface area contributed by atoms with Crippen molar-refractivity contribution >= 4 is 24.8 Å². The molecule has 0 saturated carbocycles. The van der Waals surface area contributed by atoms with Gasteiger partial charge in [-0.15, -0.1) is 24.8 Å². The molecule has 1 aliphatic rings. The third-order valence-electron chi connectivity index (χ3n) is 3.33. The first-order chi connectivity index (χ1) is 7.66. The highest BCUT2D eigenvalue weighted by Gasteiger charge is 2.32. The summed E-state index contributed by atoms with van der Waals surface area (Å²) >= 11 is 0. The van der Waals surface area contributed by atoms with Crippen molar-refractivity contribution in [1.29, 1.82) is 0 Å². The summed E-state index contributed by atoms with van der Waals surface area (Å²) in [5, 5.41) is 0. The van der Waals surface area contributed by atoms with Crippen LogP contribution in [-0.2, 0) is 6.54 Å². The molecule has 0 aromatic carbocycles. The maximum atomic E-state index is 6.14. The van der Waals surface area contributed by atoms with Gasteiger partial charge in [-0.1, -0.05) is 13.8 Å². The number of hydrogen-bond donors (Lipinski definition) is 1. The number of aromatic nitrogens is 2. The molecule has 2 atom stereocenters. The smallest absolute Gasteiger partial charge is 0.142 e. The van der Waals surface area contributed by atoms with E-state index in [9.17, 15) is 0 Å². The van der Waals surface area contributed by atoms with Crippen LogP contribution in [-0.4, -0.2) is 34.0 Å². The first-order valence-electron chi connectivity index (χ1n) is 5.90. The Balaban J connectivity index is 0.00000144. The summed E-state index contributed by atoms with van der Waals surface area (Å²) in [6.07, 6.45) is 3.58. The largest absolute Gasteiger partial charge is 0.326 e. The third kappa shape index (κ3) is 4.35. The molecule has 18 heavy (non-hydrogen) atoms. The Morgan fingerprint density at radius 3 is 2.39 bits per heavy atom. The monoisotopic (exact) mass is 292 g/mol. The van der Waals surface area contributed by atoms with Crippen LogP contribution in [0, 0.1) is 11.8 Å². The van der Waals surface area contributed by atoms with Gasteiger partial charge in [-0.2, -0.15) is 0 Å². The maximum Gasteiger partial charge on any atom is 0.142 e. The van der Waals surface area contributed by atoms with E-state index in [1.807, 2.05) is 6.07 Å². The van der Waals surface area contributed by atoms with Gasteiger partial charge in [-0.3, -0.25) is 4.90 Å². The van der Waals surface area contributed by atoms with Gasteiger partial charge in [0.2, 0.25) is 0 Å². The van der Waals surface area contributed by atoms with Gasteiger partial charge in [-0.05, 0) is 17.9 Å². The summed E-state index contributed by atoms with van der Waals surface area (Å²) in [5.41, 5.74) is 6.14. The molecule has 2 heterocycles. The lowest BCUT2D eigenvalue weighted by molar-refractivity contribution is 0.290. The fraction of sp³-hybridized carbons (Fsp3) is 0.667. The first-order valence-corrected chi connectivity index (χ1v) is 5.90. The molecular weight excluding hydrogens is 271 g/mol. The number of nitrogens with zero attached hydrogens (tertiary/aromatic N) is 3. The van der Waals surface area contributed by atoms with Gasteiger partial charge < -0.3 is 5.73 Å². The summed E-state index contributed by atoms with van der Waals surface area (Å²) in [7, 11) is 0. The second kappa shape index (κ2) is 7.89. The zero-order valence-corrected chi connectivity index (χ0v) is 12.5. The topological polar surface area (TPSA) is 55.0 Å². The van der Waals surface area contributed by atoms with Crippen molar-refractivity contribution in [2.75, 3.05) is 13.1 Å². The highest BCUT2D eigenvalue weighted by Crippen LogP contribution is 2.23. The van der Waals surface area contributed by atoms with Crippen molar-refractivity contribution in [1.82, 2.24) is 14.9 Å². The Morgan fingerprint density at radius 1 is 1.28 bits per heavy atom. The van der Waals surface area contributed by atoms with Crippen LogP contribution < -0.4 is 5.73 Å². The van der Waals surface area contributed by atoms with Crippen molar-refractivity contribution in [3.8, 4) is 0 Å². The molecule has 0 amide bonds. The summed E-state index contributed by atoms with van der Waals surface area (Å²) in [6, 6.07) is 2.14. The van der Waals surface area contributed by atoms with Crippen molar-refractivity contribution in [3.05, 3.63) is 24.3 Å². The molecule has 4 nitrogen and oxygen atoms in total. The molecule has 1 aromatic rings. The first kappa shape index (κ1) is 17.6. The lowest BCUT2D eigenvalue weighted by atomic mass is 9.92. The number of hydrogen-bond acceptors (Lipinski definition) is 4. The number of likely N-dealkylation sites (tertiary alicyclic amines) is 1. The Labute approximate surface area is 121 Å². The van der Waals surface area contributed by atoms with Crippen LogP contribution in [0.1, 0.15) is 19.7 Å². The van der Waals surface area contributed by atoms with Crippen LogP contribution in [0.5, 0.6) is 0 Å². The highest BCUT2D eigenvalue weighted by molar-refractivity contribution is 5.85. The Kier molecular flexibility index (Phi) is 7.71. The second-order valence-electron chi connectivity index (χ2n) is 4.93. The summed E-state index contributed by atoms with van der Waals surface area (Å²) in [6.45, 7) is 7.33. The van der Waals surface area contributed by atoms with E-state index in [-0.39, 0.29) is 24.8 Å². The molecule has 0 unspecified atom stereocenters. The number of halogens is 2. The molecule has 6 heteroatoms. The third-order valence-corrected chi connectivity index (χ3v) is 3.33. The minimum Gasteiger partial charge on any atom is -0.326 e. The minimum atomic E-state index is 0. The van der Waals surface area contributed by atoms with Crippen LogP contribution in [0.15, 0.2) is 18.5 Å². The van der Waals surface area contributed by atoms with E-state index in [2.05, 4.69) is 28.7 Å². The van der Waals surface area contributed by atoms with Gasteiger partial charge in [0, 0.05) is 31.5 Å². The standard InChI is InChI=1S/C12H20N4.2ClH/c1-9(2)10-6-16(7-11(10)13)8-12-14-4-3-5-15-12;;/h3-5,9-11H,6-8,13H2,1-2H3;2*1H/t10-,11+;;/m1../s1. The molecule has 0 radical (unpaired) electrons. The molecule has 0 spiro atoms. The fourth-order valence-corrected chi connectivity index (χ4v) is 2.39. The predicted octanol–water partition coefficient (Wildman–Crippen LogP) is 1.74. The lowest BCUT2D eigenvalue weighted by Gasteiger charge is -2.18. The number of rotatable bonds is 3. The van der Waals surface area contributed by atoms with Gasteiger partial charge >= 0.3 is 0 Å². The second-order valence-corrected chi connectivity index (χ2v) is 4.93. The maximum absolute atomic E-state index is 6.14. The highest BCUT2D eigenvalue weighted by atomic mass is 35.5. The summed E-state index contributed by atoms with van der Waals surface area (Å²) in [5.74, 6) is 2.14. The van der Waals surface area contributed by atoms with E-state index in [0.29, 0.717) is 17.9 Å². The molecule has 1 aromatic heterocycles. The van der Waals surface area contributed by atoms with Crippen molar-refractivity contribution in [2.45, 2.75) is 26.4 Å². The van der Waals surface area contributed by atoms with E-state index in [1.54, 1.807) is 12.4 Å². The molecule has 1 fully saturated rings. The summed E-state index contributed by atoms with van der Waals surface area (Å²) < 4.78 is 0. The molecule has 1 saturated heterocycles. The van der Waals surface area contributed by atoms with E-state index >= 15 is 0 Å². The molecule has 1 aliphatic heterocycles. The average molecular weight is 293 g/mol. The van der Waals surface area contributed by atoms with E-state index in [1.165, 1.54) is 0 Å². The SMILES string of the molecule is CC(C)[C@H]1CN(Cc2ncccn2)C[C@@H]1N.Cl.Cl. The van der Waals surface area contributed by atoms with Crippen LogP contribution in [0.2, 0.25) is 0 Å². The lowest BCUT2D eigenvalue weighted by Crippen LogP contribution is -2.32. The molecule has 0 bridgehead atoms. The zero-order chi connectivity index (χ0) is 11.5. The molecule has 2 rings (SSSR count). The fourth-order valence-electron chi connectivity index (χ4n) is 2.39. The van der Waals surface area contributed by atoms with Crippen LogP contribution in [0.3, 0.4) is 0 Å². The van der Waals surface area contributed by atoms with Gasteiger partial charge in [0.15, 0.2) is 0 Å². The van der Waals surface area contributed by atoms with Crippen molar-refractivity contribution in [2.24, 2.45) is 17.6 Å². The van der Waals surface area contributed by atoms with Gasteiger partial charge in [0.25, 0.3) is 0 Å². The quantitative estimate of drug-likeness (QED) is 0.922. The van der Waals surface area contributed by atoms with Crippen molar-refractivity contribution < 1.29 is 0 Å². The van der Waals surface area contributed by atoms with Crippen LogP contribution in [0.25, 0.3) is 0 Å².